The zero-order chi connectivity index (χ0) is 19.6. The van der Waals surface area contributed by atoms with Crippen molar-refractivity contribution in [1.29, 1.82) is 0 Å². The van der Waals surface area contributed by atoms with Crippen molar-refractivity contribution in [3.8, 4) is 0 Å². The molecule has 6 nitrogen and oxygen atoms in total. The molecule has 0 bridgehead atoms. The summed E-state index contributed by atoms with van der Waals surface area (Å²) >= 11 is 1.86. The summed E-state index contributed by atoms with van der Waals surface area (Å²) in [5.41, 5.74) is -0.463. The highest BCUT2D eigenvalue weighted by atomic mass is 32.1. The first-order valence-electron chi connectivity index (χ1n) is 10.1. The third-order valence-corrected chi connectivity index (χ3v) is 6.95. The highest BCUT2D eigenvalue weighted by Crippen LogP contribution is 2.44. The number of fused-ring (bicyclic) bond motifs is 1. The SMILES string of the molecule is CCOC(=O)[C@]12CCCN(Cc3ccc(C)s3)C[C@H]1CN(c1ncccn1)C2. The molecule has 2 saturated heterocycles. The van der Waals surface area contributed by atoms with Crippen LogP contribution in [0.1, 0.15) is 29.5 Å². The van der Waals surface area contributed by atoms with E-state index < -0.39 is 5.41 Å². The Morgan fingerprint density at radius 1 is 1.32 bits per heavy atom. The predicted molar refractivity (Wildman–Crippen MR) is 110 cm³/mol. The van der Waals surface area contributed by atoms with Crippen molar-refractivity contribution in [2.45, 2.75) is 33.2 Å². The number of carbonyl (C=O) groups excluding carboxylic acids is 1. The second-order valence-electron chi connectivity index (χ2n) is 7.85. The standard InChI is InChI=1S/C21H28N4O2S/c1-3-27-19(26)21-8-4-11-24(14-18-7-6-16(2)28-18)12-17(21)13-25(15-21)20-22-9-5-10-23-20/h5-7,9-10,17H,3-4,8,11-15H2,1-2H3/t17-,21-/m0/s1. The Kier molecular flexibility index (Phi) is 5.64. The number of ether oxygens (including phenoxy) is 1. The maximum Gasteiger partial charge on any atom is 0.314 e. The average molecular weight is 401 g/mol. The lowest BCUT2D eigenvalue weighted by molar-refractivity contribution is -0.157. The minimum Gasteiger partial charge on any atom is -0.466 e. The Balaban J connectivity index is 1.57. The van der Waals surface area contributed by atoms with Gasteiger partial charge in [0.25, 0.3) is 0 Å². The van der Waals surface area contributed by atoms with Gasteiger partial charge in [0.1, 0.15) is 0 Å². The summed E-state index contributed by atoms with van der Waals surface area (Å²) in [6.45, 7) is 8.78. The first-order chi connectivity index (χ1) is 13.6. The third kappa shape index (κ3) is 3.78. The van der Waals surface area contributed by atoms with Gasteiger partial charge in [0.15, 0.2) is 0 Å². The minimum absolute atomic E-state index is 0.0488. The Labute approximate surface area is 170 Å². The van der Waals surface area contributed by atoms with Crippen molar-refractivity contribution in [3.05, 3.63) is 40.3 Å². The number of rotatable bonds is 5. The monoisotopic (exact) mass is 400 g/mol. The molecule has 0 saturated carbocycles. The van der Waals surface area contributed by atoms with Crippen LogP contribution >= 0.6 is 11.3 Å². The fourth-order valence-electron chi connectivity index (χ4n) is 4.66. The molecule has 0 radical (unpaired) electrons. The number of anilines is 1. The highest BCUT2D eigenvalue weighted by Gasteiger charge is 2.54. The first-order valence-corrected chi connectivity index (χ1v) is 10.9. The van der Waals surface area contributed by atoms with Crippen LogP contribution in [0.4, 0.5) is 5.95 Å². The molecule has 0 N–H and O–H groups in total. The molecule has 7 heteroatoms. The van der Waals surface area contributed by atoms with Gasteiger partial charge in [-0.15, -0.1) is 11.3 Å². The van der Waals surface area contributed by atoms with E-state index in [1.54, 1.807) is 12.4 Å². The van der Waals surface area contributed by atoms with Gasteiger partial charge in [0.05, 0.1) is 12.0 Å². The molecule has 4 heterocycles. The van der Waals surface area contributed by atoms with E-state index in [0.29, 0.717) is 19.1 Å². The van der Waals surface area contributed by atoms with Crippen LogP contribution in [0.3, 0.4) is 0 Å². The second-order valence-corrected chi connectivity index (χ2v) is 9.23. The molecule has 2 aromatic rings. The number of esters is 1. The van der Waals surface area contributed by atoms with Crippen molar-refractivity contribution >= 4 is 23.3 Å². The maximum absolute atomic E-state index is 13.1. The zero-order valence-electron chi connectivity index (χ0n) is 16.6. The van der Waals surface area contributed by atoms with Gasteiger partial charge in [0.2, 0.25) is 5.95 Å². The summed E-state index contributed by atoms with van der Waals surface area (Å²) in [5, 5.41) is 0. The van der Waals surface area contributed by atoms with E-state index >= 15 is 0 Å². The molecule has 2 aliphatic heterocycles. The summed E-state index contributed by atoms with van der Waals surface area (Å²) in [6, 6.07) is 6.23. The number of hydrogen-bond donors (Lipinski definition) is 0. The molecule has 0 amide bonds. The van der Waals surface area contributed by atoms with E-state index in [4.69, 9.17) is 4.74 Å². The Hall–Kier alpha value is -1.99. The fourth-order valence-corrected chi connectivity index (χ4v) is 5.59. The fraction of sp³-hybridized carbons (Fsp3) is 0.571. The predicted octanol–water partition coefficient (Wildman–Crippen LogP) is 3.13. The van der Waals surface area contributed by atoms with Crippen molar-refractivity contribution in [2.75, 3.05) is 37.7 Å². The lowest BCUT2D eigenvalue weighted by Gasteiger charge is -2.31. The Morgan fingerprint density at radius 2 is 2.14 bits per heavy atom. The van der Waals surface area contributed by atoms with E-state index in [-0.39, 0.29) is 11.9 Å². The van der Waals surface area contributed by atoms with Crippen molar-refractivity contribution < 1.29 is 9.53 Å². The molecule has 2 atom stereocenters. The van der Waals surface area contributed by atoms with E-state index in [9.17, 15) is 4.79 Å². The maximum atomic E-state index is 13.1. The molecule has 2 aliphatic rings. The molecule has 0 aliphatic carbocycles. The number of thiophene rings is 1. The number of aryl methyl sites for hydroxylation is 1. The number of hydrogen-bond acceptors (Lipinski definition) is 7. The van der Waals surface area contributed by atoms with Crippen LogP contribution in [0.2, 0.25) is 0 Å². The molecule has 0 aromatic carbocycles. The van der Waals surface area contributed by atoms with Crippen molar-refractivity contribution in [3.63, 3.8) is 0 Å². The van der Waals surface area contributed by atoms with Gasteiger partial charge in [-0.2, -0.15) is 0 Å². The lowest BCUT2D eigenvalue weighted by atomic mass is 9.75. The summed E-state index contributed by atoms with van der Waals surface area (Å²) in [6.07, 6.45) is 5.39. The van der Waals surface area contributed by atoms with Crippen molar-refractivity contribution in [2.24, 2.45) is 11.3 Å². The van der Waals surface area contributed by atoms with Crippen LogP contribution in [0.5, 0.6) is 0 Å². The molecule has 0 unspecified atom stereocenters. The van der Waals surface area contributed by atoms with Gasteiger partial charge in [-0.05, 0) is 51.4 Å². The van der Waals surface area contributed by atoms with Gasteiger partial charge in [-0.1, -0.05) is 0 Å². The van der Waals surface area contributed by atoms with Crippen molar-refractivity contribution in [1.82, 2.24) is 14.9 Å². The summed E-state index contributed by atoms with van der Waals surface area (Å²) < 4.78 is 5.56. The molecule has 150 valence electrons. The number of nitrogens with zero attached hydrogens (tertiary/aromatic N) is 4. The van der Waals surface area contributed by atoms with Gasteiger partial charge in [0, 0.05) is 54.2 Å². The molecule has 0 spiro atoms. The third-order valence-electron chi connectivity index (χ3n) is 5.96. The topological polar surface area (TPSA) is 58.6 Å². The summed E-state index contributed by atoms with van der Waals surface area (Å²) in [4.78, 5) is 29.3. The van der Waals surface area contributed by atoms with Crippen LogP contribution in [0, 0.1) is 18.3 Å². The van der Waals surface area contributed by atoms with Gasteiger partial charge < -0.3 is 9.64 Å². The van der Waals surface area contributed by atoms with Gasteiger partial charge >= 0.3 is 5.97 Å². The van der Waals surface area contributed by atoms with E-state index in [2.05, 4.69) is 38.8 Å². The first kappa shape index (κ1) is 19.3. The normalized spacial score (nSPS) is 25.4. The van der Waals surface area contributed by atoms with Gasteiger partial charge in [-0.3, -0.25) is 9.69 Å². The zero-order valence-corrected chi connectivity index (χ0v) is 17.5. The number of carbonyl (C=O) groups is 1. The van der Waals surface area contributed by atoms with Crippen LogP contribution in [0.15, 0.2) is 30.6 Å². The van der Waals surface area contributed by atoms with E-state index in [1.807, 2.05) is 24.3 Å². The summed E-state index contributed by atoms with van der Waals surface area (Å²) in [7, 11) is 0. The molecular formula is C21H28N4O2S. The molecule has 4 rings (SSSR count). The van der Waals surface area contributed by atoms with Crippen LogP contribution in [0.25, 0.3) is 0 Å². The number of aromatic nitrogens is 2. The lowest BCUT2D eigenvalue weighted by Crippen LogP contribution is -2.42. The molecule has 28 heavy (non-hydrogen) atoms. The van der Waals surface area contributed by atoms with E-state index in [1.165, 1.54) is 9.75 Å². The average Bonchev–Trinajstić information content (AvgIpc) is 3.22. The number of likely N-dealkylation sites (tertiary alicyclic amines) is 1. The minimum atomic E-state index is -0.463. The smallest absolute Gasteiger partial charge is 0.314 e. The van der Waals surface area contributed by atoms with Crippen LogP contribution in [-0.4, -0.2) is 53.6 Å². The van der Waals surface area contributed by atoms with E-state index in [0.717, 1.165) is 39.0 Å². The Morgan fingerprint density at radius 3 is 2.86 bits per heavy atom. The van der Waals surface area contributed by atoms with Gasteiger partial charge in [-0.25, -0.2) is 9.97 Å². The molecular weight excluding hydrogens is 372 g/mol. The second kappa shape index (κ2) is 8.17. The van der Waals surface area contributed by atoms with Crippen LogP contribution < -0.4 is 4.90 Å². The Bertz CT molecular complexity index is 812. The molecule has 2 aromatic heterocycles. The van der Waals surface area contributed by atoms with Crippen LogP contribution in [-0.2, 0) is 16.1 Å². The summed E-state index contributed by atoms with van der Waals surface area (Å²) in [5.74, 6) is 0.880. The molecule has 2 fully saturated rings. The quantitative estimate of drug-likeness (QED) is 0.719. The largest absolute Gasteiger partial charge is 0.466 e. The highest BCUT2D eigenvalue weighted by molar-refractivity contribution is 7.11.